The van der Waals surface area contributed by atoms with Gasteiger partial charge < -0.3 is 9.80 Å². The van der Waals surface area contributed by atoms with Crippen LogP contribution in [-0.2, 0) is 0 Å². The molecule has 0 aromatic carbocycles. The number of piperazine rings is 1. The van der Waals surface area contributed by atoms with Gasteiger partial charge in [-0.25, -0.2) is 0 Å². The first-order valence-electron chi connectivity index (χ1n) is 6.86. The molecule has 2 rings (SSSR count). The molecule has 0 aliphatic carbocycles. The van der Waals surface area contributed by atoms with E-state index >= 15 is 0 Å². The fourth-order valence-corrected chi connectivity index (χ4v) is 2.70. The van der Waals surface area contributed by atoms with Gasteiger partial charge in [-0.1, -0.05) is 6.07 Å². The predicted octanol–water partition coefficient (Wildman–Crippen LogP) is 0.530. The topological polar surface area (TPSA) is 57.4 Å². The van der Waals surface area contributed by atoms with Gasteiger partial charge in [0.2, 0.25) is 0 Å². The van der Waals surface area contributed by atoms with Gasteiger partial charge in [-0.15, -0.1) is 0 Å². The molecular formula is C14H25N5. The van der Waals surface area contributed by atoms with E-state index in [-0.39, 0.29) is 6.04 Å². The highest BCUT2D eigenvalue weighted by Gasteiger charge is 2.25. The normalized spacial score (nSPS) is 23.5. The third-order valence-corrected chi connectivity index (χ3v) is 3.99. The zero-order valence-electron chi connectivity index (χ0n) is 12.1. The van der Waals surface area contributed by atoms with Crippen molar-refractivity contribution in [3.05, 3.63) is 29.6 Å². The van der Waals surface area contributed by atoms with Crippen LogP contribution in [0.3, 0.4) is 0 Å². The molecule has 1 fully saturated rings. The van der Waals surface area contributed by atoms with E-state index < -0.39 is 0 Å². The third-order valence-electron chi connectivity index (χ3n) is 3.99. The molecule has 5 heteroatoms. The number of nitrogens with one attached hydrogen (secondary N) is 1. The summed E-state index contributed by atoms with van der Waals surface area (Å²) in [5, 5.41) is 0. The summed E-state index contributed by atoms with van der Waals surface area (Å²) >= 11 is 0. The van der Waals surface area contributed by atoms with Gasteiger partial charge in [0.05, 0.1) is 0 Å². The lowest BCUT2D eigenvalue weighted by molar-refractivity contribution is 0.101. The molecule has 1 aliphatic rings. The number of hydrogen-bond donors (Lipinski definition) is 2. The maximum absolute atomic E-state index is 5.74. The van der Waals surface area contributed by atoms with Crippen molar-refractivity contribution in [2.45, 2.75) is 25.4 Å². The molecule has 0 saturated carbocycles. The van der Waals surface area contributed by atoms with Gasteiger partial charge in [-0.3, -0.25) is 16.3 Å². The molecule has 1 saturated heterocycles. The highest BCUT2D eigenvalue weighted by Crippen LogP contribution is 2.21. The lowest BCUT2D eigenvalue weighted by atomic mass is 9.98. The number of aromatic nitrogens is 1. The van der Waals surface area contributed by atoms with E-state index in [9.17, 15) is 0 Å². The fraction of sp³-hybridized carbons (Fsp3) is 0.643. The van der Waals surface area contributed by atoms with E-state index in [1.807, 2.05) is 12.4 Å². The summed E-state index contributed by atoms with van der Waals surface area (Å²) in [6.45, 7) is 5.41. The molecule has 0 spiro atoms. The van der Waals surface area contributed by atoms with Crippen molar-refractivity contribution < 1.29 is 0 Å². The van der Waals surface area contributed by atoms with Crippen molar-refractivity contribution in [1.82, 2.24) is 20.2 Å². The van der Waals surface area contributed by atoms with Crippen LogP contribution >= 0.6 is 0 Å². The summed E-state index contributed by atoms with van der Waals surface area (Å²) in [5.41, 5.74) is 5.29. The highest BCUT2D eigenvalue weighted by atomic mass is 15.3. The molecule has 106 valence electrons. The number of aryl methyl sites for hydroxylation is 1. The number of nitrogens with zero attached hydrogens (tertiary/aromatic N) is 3. The van der Waals surface area contributed by atoms with Gasteiger partial charge >= 0.3 is 0 Å². The second-order valence-electron chi connectivity index (χ2n) is 5.65. The number of pyridine rings is 1. The SMILES string of the molecule is Cc1cncc(C(CC2CN(C)CCN2C)NN)c1. The van der Waals surface area contributed by atoms with E-state index in [0.717, 1.165) is 26.1 Å². The molecule has 0 radical (unpaired) electrons. The molecule has 3 N–H and O–H groups in total. The Hall–Kier alpha value is -1.01. The van der Waals surface area contributed by atoms with Crippen molar-refractivity contribution in [1.29, 1.82) is 0 Å². The standard InChI is InChI=1S/C14H25N5/c1-11-6-12(9-16-8-11)14(17-15)7-13-10-18(2)4-5-19(13)3/h6,8-9,13-14,17H,4-5,7,10,15H2,1-3H3. The Labute approximate surface area is 115 Å². The van der Waals surface area contributed by atoms with Gasteiger partial charge in [0.25, 0.3) is 0 Å². The van der Waals surface area contributed by atoms with Crippen LogP contribution in [0.5, 0.6) is 0 Å². The Morgan fingerprint density at radius 2 is 2.21 bits per heavy atom. The maximum Gasteiger partial charge on any atom is 0.0490 e. The molecule has 0 bridgehead atoms. The molecule has 19 heavy (non-hydrogen) atoms. The van der Waals surface area contributed by atoms with E-state index in [1.165, 1.54) is 11.1 Å². The summed E-state index contributed by atoms with van der Waals surface area (Å²) in [4.78, 5) is 9.07. The third kappa shape index (κ3) is 3.73. The van der Waals surface area contributed by atoms with E-state index in [2.05, 4.69) is 47.3 Å². The number of nitrogens with two attached hydrogens (primary N) is 1. The number of hydrogen-bond acceptors (Lipinski definition) is 5. The quantitative estimate of drug-likeness (QED) is 0.613. The minimum atomic E-state index is 0.159. The lowest BCUT2D eigenvalue weighted by Gasteiger charge is -2.39. The summed E-state index contributed by atoms with van der Waals surface area (Å²) < 4.78 is 0. The first kappa shape index (κ1) is 14.4. The summed E-state index contributed by atoms with van der Waals surface area (Å²) in [6.07, 6.45) is 4.78. The van der Waals surface area contributed by atoms with Gasteiger partial charge in [-0.2, -0.15) is 0 Å². The summed E-state index contributed by atoms with van der Waals surface area (Å²) in [6, 6.07) is 2.84. The Balaban J connectivity index is 2.06. The second kappa shape index (κ2) is 6.43. The smallest absolute Gasteiger partial charge is 0.0490 e. The molecule has 1 aliphatic heterocycles. The average molecular weight is 263 g/mol. The Kier molecular flexibility index (Phi) is 4.87. The monoisotopic (exact) mass is 263 g/mol. The van der Waals surface area contributed by atoms with Crippen LogP contribution < -0.4 is 11.3 Å². The van der Waals surface area contributed by atoms with Crippen molar-refractivity contribution in [3.8, 4) is 0 Å². The van der Waals surface area contributed by atoms with Crippen LogP contribution in [0.4, 0.5) is 0 Å². The van der Waals surface area contributed by atoms with E-state index in [1.54, 1.807) is 0 Å². The Morgan fingerprint density at radius 1 is 1.42 bits per heavy atom. The minimum absolute atomic E-state index is 0.159. The van der Waals surface area contributed by atoms with Crippen LogP contribution in [0, 0.1) is 6.92 Å². The molecule has 1 aromatic rings. The van der Waals surface area contributed by atoms with Crippen molar-refractivity contribution in [3.63, 3.8) is 0 Å². The molecule has 5 nitrogen and oxygen atoms in total. The van der Waals surface area contributed by atoms with Crippen LogP contribution in [0.2, 0.25) is 0 Å². The largest absolute Gasteiger partial charge is 0.304 e. The molecule has 2 heterocycles. The van der Waals surface area contributed by atoms with Crippen LogP contribution in [0.15, 0.2) is 18.5 Å². The highest BCUT2D eigenvalue weighted by molar-refractivity contribution is 5.20. The number of rotatable bonds is 4. The molecule has 2 unspecified atom stereocenters. The average Bonchev–Trinajstić information content (AvgIpc) is 2.39. The van der Waals surface area contributed by atoms with Gasteiger partial charge in [0.15, 0.2) is 0 Å². The summed E-state index contributed by atoms with van der Waals surface area (Å²) in [7, 11) is 4.37. The second-order valence-corrected chi connectivity index (χ2v) is 5.65. The van der Waals surface area contributed by atoms with Crippen LogP contribution in [-0.4, -0.2) is 54.6 Å². The Morgan fingerprint density at radius 3 is 2.89 bits per heavy atom. The Bertz CT molecular complexity index is 409. The molecule has 1 aromatic heterocycles. The number of likely N-dealkylation sites (N-methyl/N-ethyl adjacent to an activating group) is 2. The van der Waals surface area contributed by atoms with Gasteiger partial charge in [0.1, 0.15) is 0 Å². The van der Waals surface area contributed by atoms with Crippen LogP contribution in [0.25, 0.3) is 0 Å². The lowest BCUT2D eigenvalue weighted by Crippen LogP contribution is -2.51. The molecule has 2 atom stereocenters. The van der Waals surface area contributed by atoms with E-state index in [4.69, 9.17) is 5.84 Å². The first-order valence-corrected chi connectivity index (χ1v) is 6.86. The summed E-state index contributed by atoms with van der Waals surface area (Å²) in [5.74, 6) is 5.74. The molecular weight excluding hydrogens is 238 g/mol. The minimum Gasteiger partial charge on any atom is -0.304 e. The van der Waals surface area contributed by atoms with Gasteiger partial charge in [-0.05, 0) is 38.6 Å². The zero-order chi connectivity index (χ0) is 13.8. The maximum atomic E-state index is 5.74. The predicted molar refractivity (Wildman–Crippen MR) is 77.6 cm³/mol. The van der Waals surface area contributed by atoms with Crippen molar-refractivity contribution >= 4 is 0 Å². The molecule has 0 amide bonds. The van der Waals surface area contributed by atoms with Crippen molar-refractivity contribution in [2.24, 2.45) is 5.84 Å². The number of hydrazine groups is 1. The van der Waals surface area contributed by atoms with Crippen molar-refractivity contribution in [2.75, 3.05) is 33.7 Å². The van der Waals surface area contributed by atoms with Crippen LogP contribution in [0.1, 0.15) is 23.6 Å². The first-order chi connectivity index (χ1) is 9.10. The zero-order valence-corrected chi connectivity index (χ0v) is 12.1. The van der Waals surface area contributed by atoms with E-state index in [0.29, 0.717) is 6.04 Å². The fourth-order valence-electron chi connectivity index (χ4n) is 2.70. The van der Waals surface area contributed by atoms with Gasteiger partial charge in [0, 0.05) is 44.1 Å².